The molecule has 10 heavy (non-hydrogen) atoms. The highest BCUT2D eigenvalue weighted by atomic mass is 16.5. The Morgan fingerprint density at radius 3 is 1.50 bits per heavy atom. The topological polar surface area (TPSA) is 26.3 Å². The van der Waals surface area contributed by atoms with E-state index in [2.05, 4.69) is 4.74 Å². The average Bonchev–Trinajstić information content (AvgIpc) is 1.94. The van der Waals surface area contributed by atoms with Crippen LogP contribution in [0.5, 0.6) is 0 Å². The van der Waals surface area contributed by atoms with E-state index < -0.39 is 0 Å². The lowest BCUT2D eigenvalue weighted by Crippen LogP contribution is -1.73. The zero-order valence-corrected chi connectivity index (χ0v) is 7.10. The van der Waals surface area contributed by atoms with E-state index in [4.69, 9.17) is 4.79 Å². The van der Waals surface area contributed by atoms with Crippen molar-refractivity contribution in [2.24, 2.45) is 0 Å². The molecule has 0 aliphatic carbocycles. The predicted octanol–water partition coefficient (Wildman–Crippen LogP) is 2.52. The Bertz CT molecular complexity index is 26.4. The number of carbonyl (C=O) groups excluding carboxylic acids is 1. The molecule has 0 heterocycles. The SMILES string of the molecule is C.CC.CC=O.CCOC. The summed E-state index contributed by atoms with van der Waals surface area (Å²) in [7, 11) is 1.68. The van der Waals surface area contributed by atoms with E-state index in [-0.39, 0.29) is 7.43 Å². The van der Waals surface area contributed by atoms with Gasteiger partial charge in [-0.1, -0.05) is 21.3 Å². The fourth-order valence-electron chi connectivity index (χ4n) is 0. The smallest absolute Gasteiger partial charge is 0.116 e. The molecule has 0 bridgehead atoms. The largest absolute Gasteiger partial charge is 0.385 e. The zero-order chi connectivity index (χ0) is 8.12. The molecule has 0 saturated heterocycles. The highest BCUT2D eigenvalue weighted by Gasteiger charge is 1.51. The summed E-state index contributed by atoms with van der Waals surface area (Å²) in [4.78, 5) is 8.81. The van der Waals surface area contributed by atoms with Gasteiger partial charge in [0.2, 0.25) is 0 Å². The Hall–Kier alpha value is -0.370. The minimum atomic E-state index is 0. The predicted molar refractivity (Wildman–Crippen MR) is 47.4 cm³/mol. The van der Waals surface area contributed by atoms with E-state index in [0.717, 1.165) is 12.9 Å². The maximum Gasteiger partial charge on any atom is 0.116 e. The number of carbonyl (C=O) groups is 1. The Kier molecular flexibility index (Phi) is 164. The molecule has 0 aromatic heterocycles. The van der Waals surface area contributed by atoms with Crippen molar-refractivity contribution < 1.29 is 9.53 Å². The molecule has 0 aromatic rings. The number of aldehydes is 1. The lowest BCUT2D eigenvalue weighted by atomic mass is 10.9. The summed E-state index contributed by atoms with van der Waals surface area (Å²) in [6, 6.07) is 0. The lowest BCUT2D eigenvalue weighted by Gasteiger charge is -1.76. The summed E-state index contributed by atoms with van der Waals surface area (Å²) >= 11 is 0. The van der Waals surface area contributed by atoms with Crippen molar-refractivity contribution in [1.29, 1.82) is 0 Å². The molecule has 0 fully saturated rings. The van der Waals surface area contributed by atoms with Crippen LogP contribution in [-0.4, -0.2) is 20.0 Å². The van der Waals surface area contributed by atoms with Gasteiger partial charge in [0.25, 0.3) is 0 Å². The van der Waals surface area contributed by atoms with Gasteiger partial charge < -0.3 is 9.53 Å². The van der Waals surface area contributed by atoms with Crippen LogP contribution in [0.25, 0.3) is 0 Å². The van der Waals surface area contributed by atoms with Crippen LogP contribution in [-0.2, 0) is 9.53 Å². The van der Waals surface area contributed by atoms with Crippen molar-refractivity contribution in [2.45, 2.75) is 35.1 Å². The molecule has 0 radical (unpaired) electrons. The van der Waals surface area contributed by atoms with Crippen LogP contribution in [0.3, 0.4) is 0 Å². The van der Waals surface area contributed by atoms with Gasteiger partial charge in [-0.05, 0) is 13.8 Å². The van der Waals surface area contributed by atoms with Gasteiger partial charge in [-0.2, -0.15) is 0 Å². The van der Waals surface area contributed by atoms with Gasteiger partial charge in [0, 0.05) is 13.7 Å². The monoisotopic (exact) mass is 150 g/mol. The Morgan fingerprint density at radius 1 is 1.40 bits per heavy atom. The second-order valence-corrected chi connectivity index (χ2v) is 0.813. The average molecular weight is 150 g/mol. The molecular formula is C8H22O2. The summed E-state index contributed by atoms with van der Waals surface area (Å²) in [6.07, 6.45) is 0.750. The van der Waals surface area contributed by atoms with E-state index in [1.807, 2.05) is 20.8 Å². The highest BCUT2D eigenvalue weighted by Crippen LogP contribution is 1.52. The van der Waals surface area contributed by atoms with Gasteiger partial charge >= 0.3 is 0 Å². The summed E-state index contributed by atoms with van der Waals surface area (Å²) in [5.41, 5.74) is 0. The van der Waals surface area contributed by atoms with Crippen molar-refractivity contribution in [3.05, 3.63) is 0 Å². The Morgan fingerprint density at radius 2 is 1.50 bits per heavy atom. The molecule has 66 valence electrons. The van der Waals surface area contributed by atoms with Crippen LogP contribution in [0.2, 0.25) is 0 Å². The van der Waals surface area contributed by atoms with Crippen molar-refractivity contribution in [1.82, 2.24) is 0 Å². The number of hydrogen-bond acceptors (Lipinski definition) is 2. The van der Waals surface area contributed by atoms with Crippen LogP contribution in [0.4, 0.5) is 0 Å². The summed E-state index contributed by atoms with van der Waals surface area (Å²) in [5, 5.41) is 0. The normalized spacial score (nSPS) is 4.90. The summed E-state index contributed by atoms with van der Waals surface area (Å²) < 4.78 is 4.54. The second-order valence-electron chi connectivity index (χ2n) is 0.813. The lowest BCUT2D eigenvalue weighted by molar-refractivity contribution is -0.106. The molecule has 0 saturated carbocycles. The number of ether oxygens (including phenoxy) is 1. The van der Waals surface area contributed by atoms with Crippen molar-refractivity contribution in [3.63, 3.8) is 0 Å². The molecule has 0 unspecified atom stereocenters. The molecule has 2 heteroatoms. The van der Waals surface area contributed by atoms with E-state index in [9.17, 15) is 0 Å². The Balaban J connectivity index is -0.0000000273. The third kappa shape index (κ3) is 845. The first-order valence-corrected chi connectivity index (χ1v) is 3.22. The van der Waals surface area contributed by atoms with Crippen LogP contribution < -0.4 is 0 Å². The van der Waals surface area contributed by atoms with Gasteiger partial charge in [0.05, 0.1) is 0 Å². The molecule has 0 aliphatic heterocycles. The molecular weight excluding hydrogens is 128 g/mol. The van der Waals surface area contributed by atoms with Crippen molar-refractivity contribution >= 4 is 6.29 Å². The molecule has 0 atom stereocenters. The summed E-state index contributed by atoms with van der Waals surface area (Å²) in [5.74, 6) is 0. The zero-order valence-electron chi connectivity index (χ0n) is 7.10. The Labute approximate surface area is 65.6 Å². The molecule has 0 amide bonds. The van der Waals surface area contributed by atoms with Crippen LogP contribution in [0.1, 0.15) is 35.1 Å². The van der Waals surface area contributed by atoms with Crippen LogP contribution in [0, 0.1) is 0 Å². The van der Waals surface area contributed by atoms with Crippen LogP contribution in [0.15, 0.2) is 0 Å². The fraction of sp³-hybridized carbons (Fsp3) is 0.875. The van der Waals surface area contributed by atoms with E-state index >= 15 is 0 Å². The minimum Gasteiger partial charge on any atom is -0.385 e. The third-order valence-electron chi connectivity index (χ3n) is 0.289. The van der Waals surface area contributed by atoms with Crippen molar-refractivity contribution in [3.8, 4) is 0 Å². The molecule has 0 N–H and O–H groups in total. The van der Waals surface area contributed by atoms with Crippen molar-refractivity contribution in [2.75, 3.05) is 13.7 Å². The number of methoxy groups -OCH3 is 1. The molecule has 0 aromatic carbocycles. The van der Waals surface area contributed by atoms with E-state index in [0.29, 0.717) is 0 Å². The standard InChI is InChI=1S/C3H8O.C2H4O.C2H6.CH4/c1-3-4-2;1-2-3;1-2;/h3H2,1-2H3;2H,1H3;1-2H3;1H4. The molecule has 0 spiro atoms. The quantitative estimate of drug-likeness (QED) is 0.537. The maximum absolute atomic E-state index is 8.81. The number of rotatable bonds is 1. The summed E-state index contributed by atoms with van der Waals surface area (Å²) in [6.45, 7) is 8.22. The van der Waals surface area contributed by atoms with Gasteiger partial charge in [0.15, 0.2) is 0 Å². The fourth-order valence-corrected chi connectivity index (χ4v) is 0. The highest BCUT2D eigenvalue weighted by molar-refractivity contribution is 5.44. The third-order valence-corrected chi connectivity index (χ3v) is 0.289. The first kappa shape index (κ1) is 22.6. The van der Waals surface area contributed by atoms with E-state index in [1.165, 1.54) is 6.92 Å². The van der Waals surface area contributed by atoms with Gasteiger partial charge in [0.1, 0.15) is 6.29 Å². The first-order chi connectivity index (χ1) is 4.33. The molecule has 0 rings (SSSR count). The van der Waals surface area contributed by atoms with Gasteiger partial charge in [-0.3, -0.25) is 0 Å². The maximum atomic E-state index is 8.81. The van der Waals surface area contributed by atoms with Gasteiger partial charge in [-0.25, -0.2) is 0 Å². The number of hydrogen-bond donors (Lipinski definition) is 0. The second kappa shape index (κ2) is 72.6. The van der Waals surface area contributed by atoms with Crippen LogP contribution >= 0.6 is 0 Å². The minimum absolute atomic E-state index is 0. The first-order valence-electron chi connectivity index (χ1n) is 3.22. The van der Waals surface area contributed by atoms with Gasteiger partial charge in [-0.15, -0.1) is 0 Å². The van der Waals surface area contributed by atoms with E-state index in [1.54, 1.807) is 7.11 Å². The molecule has 2 nitrogen and oxygen atoms in total. The molecule has 0 aliphatic rings.